The van der Waals surface area contributed by atoms with Crippen molar-refractivity contribution >= 4 is 24.2 Å². The molecule has 1 aliphatic heterocycles. The highest BCUT2D eigenvalue weighted by atomic mass is 35.5. The van der Waals surface area contributed by atoms with Crippen LogP contribution in [0.4, 0.5) is 0 Å². The first-order chi connectivity index (χ1) is 9.25. The molecule has 1 atom stereocenters. The second-order valence-corrected chi connectivity index (χ2v) is 4.58. The van der Waals surface area contributed by atoms with E-state index >= 15 is 0 Å². The Kier molecular flexibility index (Phi) is 7.11. The zero-order chi connectivity index (χ0) is 13.5. The van der Waals surface area contributed by atoms with E-state index in [-0.39, 0.29) is 30.0 Å². The van der Waals surface area contributed by atoms with Crippen LogP contribution in [0.2, 0.25) is 0 Å². The highest BCUT2D eigenvalue weighted by Crippen LogP contribution is 2.07. The number of carbonyl (C=O) groups is 2. The van der Waals surface area contributed by atoms with Crippen LogP contribution < -0.4 is 16.0 Å². The van der Waals surface area contributed by atoms with Gasteiger partial charge in [0.05, 0.1) is 6.26 Å². The summed E-state index contributed by atoms with van der Waals surface area (Å²) in [6, 6.07) is 3.56. The van der Waals surface area contributed by atoms with Gasteiger partial charge in [0.25, 0.3) is 5.91 Å². The van der Waals surface area contributed by atoms with Gasteiger partial charge in [-0.05, 0) is 31.5 Å². The van der Waals surface area contributed by atoms with Crippen LogP contribution in [0.5, 0.6) is 0 Å². The second kappa shape index (κ2) is 8.60. The SMILES string of the molecule is Cl.O=C(CC1CCCN1)NCCNC(=O)c1ccco1. The predicted molar refractivity (Wildman–Crippen MR) is 76.9 cm³/mol. The molecule has 2 heterocycles. The Hall–Kier alpha value is -1.53. The number of carbonyl (C=O) groups excluding carboxylic acids is 2. The lowest BCUT2D eigenvalue weighted by molar-refractivity contribution is -0.121. The minimum absolute atomic E-state index is 0. The van der Waals surface area contributed by atoms with Crippen LogP contribution in [0.1, 0.15) is 29.8 Å². The topological polar surface area (TPSA) is 83.4 Å². The van der Waals surface area contributed by atoms with Crippen LogP contribution >= 0.6 is 12.4 Å². The van der Waals surface area contributed by atoms with Gasteiger partial charge in [-0.2, -0.15) is 0 Å². The molecule has 112 valence electrons. The molecule has 20 heavy (non-hydrogen) atoms. The zero-order valence-corrected chi connectivity index (χ0v) is 12.0. The van der Waals surface area contributed by atoms with E-state index in [1.807, 2.05) is 0 Å². The van der Waals surface area contributed by atoms with Crippen molar-refractivity contribution in [3.05, 3.63) is 24.2 Å². The molecule has 1 aromatic rings. The molecule has 1 saturated heterocycles. The Labute approximate surface area is 124 Å². The van der Waals surface area contributed by atoms with Gasteiger partial charge < -0.3 is 20.4 Å². The Balaban J connectivity index is 0.00000200. The maximum Gasteiger partial charge on any atom is 0.287 e. The van der Waals surface area contributed by atoms with Crippen molar-refractivity contribution in [3.8, 4) is 0 Å². The van der Waals surface area contributed by atoms with E-state index in [2.05, 4.69) is 16.0 Å². The molecule has 1 aliphatic rings. The van der Waals surface area contributed by atoms with Gasteiger partial charge in [0.15, 0.2) is 5.76 Å². The van der Waals surface area contributed by atoms with Gasteiger partial charge in [0.2, 0.25) is 5.91 Å². The predicted octanol–water partition coefficient (Wildman–Crippen LogP) is 0.690. The number of rotatable bonds is 6. The normalized spacial score (nSPS) is 17.3. The molecule has 3 N–H and O–H groups in total. The van der Waals surface area contributed by atoms with Crippen LogP contribution in [-0.2, 0) is 4.79 Å². The van der Waals surface area contributed by atoms with E-state index < -0.39 is 0 Å². The number of hydrogen-bond donors (Lipinski definition) is 3. The van der Waals surface area contributed by atoms with Crippen molar-refractivity contribution in [2.24, 2.45) is 0 Å². The summed E-state index contributed by atoms with van der Waals surface area (Å²) in [4.78, 5) is 23.1. The van der Waals surface area contributed by atoms with Gasteiger partial charge >= 0.3 is 0 Å². The van der Waals surface area contributed by atoms with Gasteiger partial charge in [-0.15, -0.1) is 12.4 Å². The van der Waals surface area contributed by atoms with E-state index in [4.69, 9.17) is 4.42 Å². The molecule has 0 aromatic carbocycles. The van der Waals surface area contributed by atoms with Crippen molar-refractivity contribution in [2.45, 2.75) is 25.3 Å². The Morgan fingerprint density at radius 1 is 1.35 bits per heavy atom. The minimum atomic E-state index is -0.267. The number of nitrogens with one attached hydrogen (secondary N) is 3. The second-order valence-electron chi connectivity index (χ2n) is 4.58. The van der Waals surface area contributed by atoms with Crippen LogP contribution in [0, 0.1) is 0 Å². The molecule has 2 rings (SSSR count). The van der Waals surface area contributed by atoms with Gasteiger partial charge in [-0.25, -0.2) is 0 Å². The van der Waals surface area contributed by atoms with Crippen molar-refractivity contribution in [1.82, 2.24) is 16.0 Å². The van der Waals surface area contributed by atoms with E-state index in [9.17, 15) is 9.59 Å². The molecule has 0 saturated carbocycles. The molecular formula is C13H20ClN3O3. The monoisotopic (exact) mass is 301 g/mol. The summed E-state index contributed by atoms with van der Waals surface area (Å²) in [6.07, 6.45) is 4.15. The molecule has 7 heteroatoms. The molecule has 1 aromatic heterocycles. The Morgan fingerprint density at radius 3 is 2.80 bits per heavy atom. The van der Waals surface area contributed by atoms with Gasteiger partial charge in [0, 0.05) is 25.6 Å². The molecular weight excluding hydrogens is 282 g/mol. The summed E-state index contributed by atoms with van der Waals surface area (Å²) in [5.74, 6) is 0.0323. The molecule has 2 amide bonds. The summed E-state index contributed by atoms with van der Waals surface area (Å²) < 4.78 is 4.95. The average molecular weight is 302 g/mol. The van der Waals surface area contributed by atoms with Crippen LogP contribution in [0.15, 0.2) is 22.8 Å². The van der Waals surface area contributed by atoms with E-state index in [0.717, 1.165) is 19.4 Å². The third kappa shape index (κ3) is 5.22. The zero-order valence-electron chi connectivity index (χ0n) is 11.2. The van der Waals surface area contributed by atoms with Crippen molar-refractivity contribution < 1.29 is 14.0 Å². The summed E-state index contributed by atoms with van der Waals surface area (Å²) >= 11 is 0. The molecule has 0 spiro atoms. The first-order valence-electron chi connectivity index (χ1n) is 6.57. The Bertz CT molecular complexity index is 417. The third-order valence-corrected chi connectivity index (χ3v) is 3.07. The lowest BCUT2D eigenvalue weighted by Gasteiger charge is -2.10. The number of halogens is 1. The first kappa shape index (κ1) is 16.5. The summed E-state index contributed by atoms with van der Waals surface area (Å²) in [6.45, 7) is 1.82. The molecule has 0 aliphatic carbocycles. The Morgan fingerprint density at radius 2 is 2.15 bits per heavy atom. The third-order valence-electron chi connectivity index (χ3n) is 3.07. The molecule has 0 radical (unpaired) electrons. The highest BCUT2D eigenvalue weighted by molar-refractivity contribution is 5.91. The smallest absolute Gasteiger partial charge is 0.287 e. The summed E-state index contributed by atoms with van der Waals surface area (Å²) in [5.41, 5.74) is 0. The lowest BCUT2D eigenvalue weighted by atomic mass is 10.1. The van der Waals surface area contributed by atoms with Crippen molar-refractivity contribution in [1.29, 1.82) is 0 Å². The minimum Gasteiger partial charge on any atom is -0.459 e. The number of hydrogen-bond acceptors (Lipinski definition) is 4. The average Bonchev–Trinajstić information content (AvgIpc) is 3.06. The van der Waals surface area contributed by atoms with Crippen molar-refractivity contribution in [2.75, 3.05) is 19.6 Å². The molecule has 0 bridgehead atoms. The fourth-order valence-corrected chi connectivity index (χ4v) is 2.10. The first-order valence-corrected chi connectivity index (χ1v) is 6.57. The fourth-order valence-electron chi connectivity index (χ4n) is 2.10. The largest absolute Gasteiger partial charge is 0.459 e. The van der Waals surface area contributed by atoms with E-state index in [0.29, 0.717) is 25.6 Å². The summed E-state index contributed by atoms with van der Waals surface area (Å²) in [7, 11) is 0. The highest BCUT2D eigenvalue weighted by Gasteiger charge is 2.17. The molecule has 6 nitrogen and oxygen atoms in total. The van der Waals surface area contributed by atoms with Crippen LogP contribution in [0.25, 0.3) is 0 Å². The fraction of sp³-hybridized carbons (Fsp3) is 0.538. The quantitative estimate of drug-likeness (QED) is 0.675. The van der Waals surface area contributed by atoms with Gasteiger partial charge in [-0.1, -0.05) is 0 Å². The van der Waals surface area contributed by atoms with Crippen LogP contribution in [0.3, 0.4) is 0 Å². The van der Waals surface area contributed by atoms with Crippen LogP contribution in [-0.4, -0.2) is 37.5 Å². The van der Waals surface area contributed by atoms with Gasteiger partial charge in [0.1, 0.15) is 0 Å². The maximum absolute atomic E-state index is 11.6. The molecule has 1 unspecified atom stereocenters. The lowest BCUT2D eigenvalue weighted by Crippen LogP contribution is -2.37. The van der Waals surface area contributed by atoms with Gasteiger partial charge in [-0.3, -0.25) is 9.59 Å². The van der Waals surface area contributed by atoms with E-state index in [1.54, 1.807) is 12.1 Å². The number of furan rings is 1. The standard InChI is InChI=1S/C13H19N3O3.ClH/c17-12(9-10-3-1-5-14-10)15-6-7-16-13(18)11-4-2-8-19-11;/h2,4,8,10,14H,1,3,5-7,9H2,(H,15,17)(H,16,18);1H. The van der Waals surface area contributed by atoms with E-state index in [1.165, 1.54) is 6.26 Å². The molecule has 1 fully saturated rings. The summed E-state index contributed by atoms with van der Waals surface area (Å²) in [5, 5.41) is 8.73. The van der Waals surface area contributed by atoms with Crippen molar-refractivity contribution in [3.63, 3.8) is 0 Å². The maximum atomic E-state index is 11.6. The number of amides is 2.